The van der Waals surface area contributed by atoms with Gasteiger partial charge in [0.05, 0.1) is 22.7 Å². The van der Waals surface area contributed by atoms with Crippen molar-refractivity contribution in [2.75, 3.05) is 14.1 Å². The smallest absolute Gasteiger partial charge is 0.179 e. The third kappa shape index (κ3) is 3.89. The van der Waals surface area contributed by atoms with Crippen molar-refractivity contribution < 1.29 is 4.74 Å². The van der Waals surface area contributed by atoms with Crippen molar-refractivity contribution in [3.8, 4) is 5.75 Å². The molecule has 2 aromatic heterocycles. The summed E-state index contributed by atoms with van der Waals surface area (Å²) in [5.74, 6) is 0.671. The molecule has 0 spiro atoms. The molecule has 0 bridgehead atoms. The van der Waals surface area contributed by atoms with Gasteiger partial charge in [0.1, 0.15) is 6.61 Å². The molecule has 0 N–H and O–H groups in total. The van der Waals surface area contributed by atoms with Crippen molar-refractivity contribution in [1.82, 2.24) is 14.3 Å². The summed E-state index contributed by atoms with van der Waals surface area (Å²) in [4.78, 5) is 10.7. The lowest BCUT2D eigenvalue weighted by atomic mass is 10.2. The van der Waals surface area contributed by atoms with Gasteiger partial charge in [0.2, 0.25) is 0 Å². The Kier molecular flexibility index (Phi) is 5.16. The minimum Gasteiger partial charge on any atom is -0.485 e. The Morgan fingerprint density at radius 1 is 1.28 bits per heavy atom. The van der Waals surface area contributed by atoms with E-state index in [-0.39, 0.29) is 6.61 Å². The third-order valence-corrected chi connectivity index (χ3v) is 4.31. The van der Waals surface area contributed by atoms with E-state index in [4.69, 9.17) is 27.9 Å². The summed E-state index contributed by atoms with van der Waals surface area (Å²) in [7, 11) is 3.79. The van der Waals surface area contributed by atoms with Crippen LogP contribution < -0.4 is 4.74 Å². The molecule has 0 aliphatic carbocycles. The van der Waals surface area contributed by atoms with Gasteiger partial charge < -0.3 is 14.0 Å². The minimum absolute atomic E-state index is 0.231. The second kappa shape index (κ2) is 7.33. The molecule has 0 aliphatic heterocycles. The van der Waals surface area contributed by atoms with Crippen LogP contribution in [0.5, 0.6) is 5.75 Å². The molecule has 0 atom stereocenters. The molecule has 2 heterocycles. The highest BCUT2D eigenvalue weighted by molar-refractivity contribution is 6.37. The maximum atomic E-state index is 6.47. The fourth-order valence-electron chi connectivity index (χ4n) is 2.37. The van der Waals surface area contributed by atoms with Crippen LogP contribution in [0.2, 0.25) is 10.0 Å². The Morgan fingerprint density at radius 2 is 2.08 bits per heavy atom. The highest BCUT2D eigenvalue weighted by Crippen LogP contribution is 2.34. The van der Waals surface area contributed by atoms with E-state index in [1.807, 2.05) is 54.8 Å². The van der Waals surface area contributed by atoms with Crippen LogP contribution in [0.4, 0.5) is 5.69 Å². The van der Waals surface area contributed by atoms with E-state index in [1.165, 1.54) is 0 Å². The van der Waals surface area contributed by atoms with Gasteiger partial charge in [-0.3, -0.25) is 0 Å². The van der Waals surface area contributed by atoms with Gasteiger partial charge in [0.25, 0.3) is 0 Å². The van der Waals surface area contributed by atoms with E-state index in [9.17, 15) is 0 Å². The van der Waals surface area contributed by atoms with Crippen LogP contribution in [0.3, 0.4) is 0 Å². The molecule has 0 fully saturated rings. The summed E-state index contributed by atoms with van der Waals surface area (Å²) in [6, 6.07) is 7.34. The van der Waals surface area contributed by atoms with Crippen LogP contribution >= 0.6 is 23.2 Å². The molecular formula is C18H18Cl2N4O. The zero-order valence-electron chi connectivity index (χ0n) is 14.2. The number of pyridine rings is 1. The van der Waals surface area contributed by atoms with Crippen molar-refractivity contribution in [2.24, 2.45) is 4.99 Å². The Labute approximate surface area is 156 Å². The average Bonchev–Trinajstić information content (AvgIpc) is 2.94. The van der Waals surface area contributed by atoms with Crippen LogP contribution in [0.25, 0.3) is 5.65 Å². The van der Waals surface area contributed by atoms with Gasteiger partial charge in [-0.2, -0.15) is 0 Å². The second-order valence-electron chi connectivity index (χ2n) is 5.84. The molecule has 3 aromatic rings. The predicted molar refractivity (Wildman–Crippen MR) is 103 cm³/mol. The number of rotatable bonds is 5. The summed E-state index contributed by atoms with van der Waals surface area (Å²) in [5.41, 5.74) is 3.02. The molecule has 25 heavy (non-hydrogen) atoms. The lowest BCUT2D eigenvalue weighted by Crippen LogP contribution is -2.07. The highest BCUT2D eigenvalue weighted by atomic mass is 35.5. The molecule has 0 saturated carbocycles. The standard InChI is InChI=1S/C18H18Cl2N4O/c1-12-9-24-8-4-5-16(18(24)22-12)25-10-13-14(19)6-7-15(17(13)20)21-11-23(2)3/h4-9,11H,10H2,1-3H3. The van der Waals surface area contributed by atoms with Crippen LogP contribution in [-0.2, 0) is 6.61 Å². The minimum atomic E-state index is 0.231. The molecule has 5 nitrogen and oxygen atoms in total. The van der Waals surface area contributed by atoms with E-state index >= 15 is 0 Å². The zero-order chi connectivity index (χ0) is 18.0. The number of benzene rings is 1. The molecule has 7 heteroatoms. The molecule has 0 saturated heterocycles. The summed E-state index contributed by atoms with van der Waals surface area (Å²) < 4.78 is 7.87. The summed E-state index contributed by atoms with van der Waals surface area (Å²) in [6.07, 6.45) is 5.56. The van der Waals surface area contributed by atoms with Gasteiger partial charge in [-0.25, -0.2) is 9.98 Å². The van der Waals surface area contributed by atoms with Crippen LogP contribution in [0.15, 0.2) is 41.7 Å². The maximum absolute atomic E-state index is 6.47. The number of imidazole rings is 1. The van der Waals surface area contributed by atoms with E-state index in [0.717, 1.165) is 11.3 Å². The fourth-order valence-corrected chi connectivity index (χ4v) is 2.90. The molecule has 3 rings (SSSR count). The largest absolute Gasteiger partial charge is 0.485 e. The molecule has 1 aromatic carbocycles. The number of fused-ring (bicyclic) bond motifs is 1. The first-order valence-electron chi connectivity index (χ1n) is 7.70. The first-order valence-corrected chi connectivity index (χ1v) is 8.46. The van der Waals surface area contributed by atoms with Crippen molar-refractivity contribution >= 4 is 40.9 Å². The topological polar surface area (TPSA) is 42.1 Å². The van der Waals surface area contributed by atoms with E-state index < -0.39 is 0 Å². The fraction of sp³-hybridized carbons (Fsp3) is 0.222. The number of nitrogens with zero attached hydrogens (tertiary/aromatic N) is 4. The monoisotopic (exact) mass is 376 g/mol. The van der Waals surface area contributed by atoms with E-state index in [1.54, 1.807) is 18.5 Å². The van der Waals surface area contributed by atoms with Gasteiger partial charge in [-0.15, -0.1) is 0 Å². The third-order valence-electron chi connectivity index (χ3n) is 3.53. The highest BCUT2D eigenvalue weighted by Gasteiger charge is 2.13. The maximum Gasteiger partial charge on any atom is 0.179 e. The normalized spacial score (nSPS) is 11.4. The number of halogens is 2. The Morgan fingerprint density at radius 3 is 2.84 bits per heavy atom. The number of aromatic nitrogens is 2. The first-order chi connectivity index (χ1) is 12.0. The predicted octanol–water partition coefficient (Wildman–Crippen LogP) is 4.75. The quantitative estimate of drug-likeness (QED) is 0.476. The molecule has 130 valence electrons. The van der Waals surface area contributed by atoms with Gasteiger partial charge in [-0.05, 0) is 31.2 Å². The lowest BCUT2D eigenvalue weighted by Gasteiger charge is -2.12. The molecule has 0 radical (unpaired) electrons. The SMILES string of the molecule is Cc1cn2cccc(OCc3c(Cl)ccc(N=CN(C)C)c3Cl)c2n1. The number of aliphatic imine (C=N–C) groups is 1. The van der Waals surface area contributed by atoms with Gasteiger partial charge in [0, 0.05) is 37.1 Å². The average molecular weight is 377 g/mol. The van der Waals surface area contributed by atoms with Crippen LogP contribution in [0.1, 0.15) is 11.3 Å². The van der Waals surface area contributed by atoms with Crippen molar-refractivity contribution in [2.45, 2.75) is 13.5 Å². The van der Waals surface area contributed by atoms with Crippen molar-refractivity contribution in [3.63, 3.8) is 0 Å². The Hall–Kier alpha value is -2.24. The Bertz CT molecular complexity index is 934. The summed E-state index contributed by atoms with van der Waals surface area (Å²) in [6.45, 7) is 2.17. The van der Waals surface area contributed by atoms with Crippen molar-refractivity contribution in [3.05, 3.63) is 58.0 Å². The number of hydrogen-bond donors (Lipinski definition) is 0. The van der Waals surface area contributed by atoms with Gasteiger partial charge in [0.15, 0.2) is 11.4 Å². The van der Waals surface area contributed by atoms with E-state index in [0.29, 0.717) is 27.0 Å². The molecule has 0 amide bonds. The van der Waals surface area contributed by atoms with Gasteiger partial charge >= 0.3 is 0 Å². The number of hydrogen-bond acceptors (Lipinski definition) is 3. The van der Waals surface area contributed by atoms with Gasteiger partial charge in [-0.1, -0.05) is 23.2 Å². The molecular weight excluding hydrogens is 359 g/mol. The summed E-state index contributed by atoms with van der Waals surface area (Å²) in [5, 5.41) is 1.03. The first kappa shape index (κ1) is 17.6. The lowest BCUT2D eigenvalue weighted by molar-refractivity contribution is 0.308. The van der Waals surface area contributed by atoms with Crippen LogP contribution in [0, 0.1) is 6.92 Å². The molecule has 0 aliphatic rings. The van der Waals surface area contributed by atoms with Crippen molar-refractivity contribution in [1.29, 1.82) is 0 Å². The van der Waals surface area contributed by atoms with E-state index in [2.05, 4.69) is 9.98 Å². The van der Waals surface area contributed by atoms with Crippen LogP contribution in [-0.4, -0.2) is 34.7 Å². The molecule has 0 unspecified atom stereocenters. The second-order valence-corrected chi connectivity index (χ2v) is 6.63. The Balaban J connectivity index is 1.88. The zero-order valence-corrected chi connectivity index (χ0v) is 15.7. The summed E-state index contributed by atoms with van der Waals surface area (Å²) >= 11 is 12.8. The number of ether oxygens (including phenoxy) is 1. The number of aryl methyl sites for hydroxylation is 1.